The van der Waals surface area contributed by atoms with Crippen molar-refractivity contribution in [2.75, 3.05) is 63.1 Å². The van der Waals surface area contributed by atoms with Crippen LogP contribution in [0.4, 0.5) is 17.3 Å². The molecule has 0 saturated carbocycles. The predicted molar refractivity (Wildman–Crippen MR) is 185 cm³/mol. The minimum absolute atomic E-state index is 0.0196. The molecule has 0 unspecified atom stereocenters. The summed E-state index contributed by atoms with van der Waals surface area (Å²) in [5, 5.41) is 4.91. The number of nitrogens with zero attached hydrogens (tertiary/aromatic N) is 6. The smallest absolute Gasteiger partial charge is 0.260 e. The highest BCUT2D eigenvalue weighted by Crippen LogP contribution is 2.36. The fourth-order valence-electron chi connectivity index (χ4n) is 8.12. The van der Waals surface area contributed by atoms with Gasteiger partial charge in [-0.25, -0.2) is 4.98 Å². The van der Waals surface area contributed by atoms with Crippen LogP contribution in [0.5, 0.6) is 0 Å². The average molecular weight is 626 g/mol. The van der Waals surface area contributed by atoms with Crippen molar-refractivity contribution in [1.29, 1.82) is 0 Å². The normalized spacial score (nSPS) is 22.3. The van der Waals surface area contributed by atoms with Crippen LogP contribution < -0.4 is 15.8 Å². The highest BCUT2D eigenvalue weighted by atomic mass is 35.5. The molecule has 1 N–H and O–H groups in total. The van der Waals surface area contributed by atoms with Crippen LogP contribution in [-0.2, 0) is 0 Å². The van der Waals surface area contributed by atoms with Crippen LogP contribution in [0.15, 0.2) is 53.5 Å². The van der Waals surface area contributed by atoms with Crippen molar-refractivity contribution in [1.82, 2.24) is 24.3 Å². The molecule has 0 bridgehead atoms. The lowest BCUT2D eigenvalue weighted by Crippen LogP contribution is -2.41. The van der Waals surface area contributed by atoms with Crippen LogP contribution in [0.1, 0.15) is 43.4 Å². The van der Waals surface area contributed by atoms with Crippen LogP contribution in [0.25, 0.3) is 22.2 Å². The second-order valence-electron chi connectivity index (χ2n) is 13.5. The molecule has 0 radical (unpaired) electrons. The summed E-state index contributed by atoms with van der Waals surface area (Å²) in [6.45, 7) is 13.9. The molecule has 3 saturated heterocycles. The standard InChI is InChI=1S/C36H44ClN7O/c1-5-14-42-15-8-9-28(22-42)44-34-30(24(3)33(35(44)45)29-10-6-7-11-31(29)37)17-38-36(40-34)39-27-12-13-32(23(2)16-27)43-20-25-18-41(4)19-26(25)21-43/h6-7,10-13,16-17,25-26,28H,5,8-9,14-15,18-22H2,1-4H3,(H,38,39,40)/t25-,26+,28-/m0/s1. The summed E-state index contributed by atoms with van der Waals surface area (Å²) in [6.07, 6.45) is 4.93. The minimum atomic E-state index is -0.0390. The lowest BCUT2D eigenvalue weighted by Gasteiger charge is -2.34. The van der Waals surface area contributed by atoms with Crippen LogP contribution >= 0.6 is 11.6 Å². The summed E-state index contributed by atoms with van der Waals surface area (Å²) in [6, 6.07) is 14.2. The van der Waals surface area contributed by atoms with Crippen molar-refractivity contribution in [2.24, 2.45) is 11.8 Å². The van der Waals surface area contributed by atoms with Crippen molar-refractivity contribution in [3.05, 3.63) is 75.2 Å². The van der Waals surface area contributed by atoms with E-state index in [1.54, 1.807) is 0 Å². The molecule has 9 heteroatoms. The number of pyridine rings is 1. The third kappa shape index (κ3) is 5.73. The molecule has 7 rings (SSSR count). The molecule has 2 aromatic carbocycles. The Morgan fingerprint density at radius 2 is 1.80 bits per heavy atom. The van der Waals surface area contributed by atoms with E-state index < -0.39 is 0 Å². The van der Waals surface area contributed by atoms with Crippen LogP contribution in [0, 0.1) is 25.7 Å². The maximum Gasteiger partial charge on any atom is 0.260 e. The average Bonchev–Trinajstić information content (AvgIpc) is 3.56. The number of aromatic nitrogens is 3. The van der Waals surface area contributed by atoms with Crippen molar-refractivity contribution in [3.8, 4) is 11.1 Å². The molecule has 0 amide bonds. The van der Waals surface area contributed by atoms with Crippen molar-refractivity contribution >= 4 is 40.0 Å². The van der Waals surface area contributed by atoms with Gasteiger partial charge in [-0.2, -0.15) is 4.98 Å². The van der Waals surface area contributed by atoms with Gasteiger partial charge < -0.3 is 20.0 Å². The molecular formula is C36H44ClN7O. The molecule has 4 aromatic rings. The minimum Gasteiger partial charge on any atom is -0.371 e. The van der Waals surface area contributed by atoms with E-state index in [0.29, 0.717) is 22.2 Å². The van der Waals surface area contributed by atoms with E-state index in [-0.39, 0.29) is 11.6 Å². The molecule has 3 aliphatic rings. The Kier molecular flexibility index (Phi) is 8.31. The van der Waals surface area contributed by atoms with Gasteiger partial charge >= 0.3 is 0 Å². The van der Waals surface area contributed by atoms with Gasteiger partial charge in [-0.3, -0.25) is 9.36 Å². The zero-order valence-corrected chi connectivity index (χ0v) is 27.6. The number of aryl methyl sites for hydroxylation is 2. The molecule has 45 heavy (non-hydrogen) atoms. The molecule has 5 heterocycles. The number of rotatable bonds is 7. The number of halogens is 1. The summed E-state index contributed by atoms with van der Waals surface area (Å²) in [7, 11) is 2.23. The Hall–Kier alpha value is -3.46. The lowest BCUT2D eigenvalue weighted by molar-refractivity contribution is 0.178. The van der Waals surface area contributed by atoms with Crippen LogP contribution in [0.2, 0.25) is 5.02 Å². The summed E-state index contributed by atoms with van der Waals surface area (Å²) >= 11 is 6.67. The largest absolute Gasteiger partial charge is 0.371 e. The van der Waals surface area contributed by atoms with Crippen LogP contribution in [-0.4, -0.2) is 77.2 Å². The summed E-state index contributed by atoms with van der Waals surface area (Å²) in [5.74, 6) is 2.01. The molecule has 3 atom stereocenters. The van der Waals surface area contributed by atoms with Gasteiger partial charge in [-0.15, -0.1) is 0 Å². The molecule has 236 valence electrons. The van der Waals surface area contributed by atoms with Gasteiger partial charge in [0.25, 0.3) is 5.56 Å². The van der Waals surface area contributed by atoms with Gasteiger partial charge in [0.05, 0.1) is 11.6 Å². The Bertz CT molecular complexity index is 1770. The first kappa shape index (κ1) is 30.2. The molecule has 3 aliphatic heterocycles. The van der Waals surface area contributed by atoms with E-state index in [1.165, 1.54) is 24.3 Å². The number of nitrogens with one attached hydrogen (secondary N) is 1. The van der Waals surface area contributed by atoms with Crippen molar-refractivity contribution in [3.63, 3.8) is 0 Å². The second kappa shape index (κ2) is 12.4. The molecule has 0 spiro atoms. The summed E-state index contributed by atoms with van der Waals surface area (Å²) in [5.41, 5.74) is 6.37. The molecule has 3 fully saturated rings. The van der Waals surface area contributed by atoms with E-state index in [1.807, 2.05) is 42.0 Å². The SMILES string of the molecule is CCCN1CCC[C@H](n2c(=O)c(-c3ccccc3Cl)c(C)c3cnc(Nc4ccc(N5C[C@H]6CN(C)C[C@H]6C5)c(C)c4)nc32)C1. The maximum atomic E-state index is 14.5. The molecule has 8 nitrogen and oxygen atoms in total. The quantitative estimate of drug-likeness (QED) is 0.251. The summed E-state index contributed by atoms with van der Waals surface area (Å²) < 4.78 is 1.94. The lowest BCUT2D eigenvalue weighted by atomic mass is 9.98. The second-order valence-corrected chi connectivity index (χ2v) is 13.9. The number of likely N-dealkylation sites (tertiary alicyclic amines) is 2. The zero-order chi connectivity index (χ0) is 31.2. The first-order valence-electron chi connectivity index (χ1n) is 16.5. The first-order chi connectivity index (χ1) is 21.8. The van der Waals surface area contributed by atoms with Crippen molar-refractivity contribution < 1.29 is 0 Å². The van der Waals surface area contributed by atoms with Gasteiger partial charge in [-0.1, -0.05) is 36.7 Å². The fourth-order valence-corrected chi connectivity index (χ4v) is 8.35. The third-order valence-electron chi connectivity index (χ3n) is 10.2. The number of anilines is 3. The van der Waals surface area contributed by atoms with Gasteiger partial charge in [0.1, 0.15) is 5.65 Å². The molecular weight excluding hydrogens is 582 g/mol. The topological polar surface area (TPSA) is 69.5 Å². The fraction of sp³-hybridized carbons (Fsp3) is 0.472. The van der Waals surface area contributed by atoms with E-state index in [4.69, 9.17) is 21.6 Å². The van der Waals surface area contributed by atoms with E-state index in [0.717, 1.165) is 86.0 Å². The highest BCUT2D eigenvalue weighted by molar-refractivity contribution is 6.33. The number of benzene rings is 2. The Labute approximate surface area is 271 Å². The van der Waals surface area contributed by atoms with Crippen LogP contribution in [0.3, 0.4) is 0 Å². The molecule has 0 aliphatic carbocycles. The first-order valence-corrected chi connectivity index (χ1v) is 16.9. The van der Waals surface area contributed by atoms with E-state index in [2.05, 4.69) is 59.1 Å². The maximum absolute atomic E-state index is 14.5. The van der Waals surface area contributed by atoms with E-state index >= 15 is 0 Å². The Balaban J connectivity index is 1.25. The number of hydrogen-bond acceptors (Lipinski definition) is 7. The van der Waals surface area contributed by atoms with Gasteiger partial charge in [0, 0.05) is 66.3 Å². The van der Waals surface area contributed by atoms with Gasteiger partial charge in [0.15, 0.2) is 0 Å². The summed E-state index contributed by atoms with van der Waals surface area (Å²) in [4.78, 5) is 31.8. The van der Waals surface area contributed by atoms with E-state index in [9.17, 15) is 4.79 Å². The Morgan fingerprint density at radius 1 is 1.02 bits per heavy atom. The third-order valence-corrected chi connectivity index (χ3v) is 10.5. The zero-order valence-electron chi connectivity index (χ0n) is 26.9. The number of piperidine rings is 1. The Morgan fingerprint density at radius 3 is 2.53 bits per heavy atom. The van der Waals surface area contributed by atoms with Crippen molar-refractivity contribution in [2.45, 2.75) is 46.1 Å². The predicted octanol–water partition coefficient (Wildman–Crippen LogP) is 6.52. The molecule has 2 aromatic heterocycles. The van der Waals surface area contributed by atoms with Gasteiger partial charge in [0.2, 0.25) is 5.95 Å². The number of fused-ring (bicyclic) bond motifs is 2. The highest BCUT2D eigenvalue weighted by Gasteiger charge is 2.39. The number of hydrogen-bond donors (Lipinski definition) is 1. The van der Waals surface area contributed by atoms with Gasteiger partial charge in [-0.05, 0) is 100 Å². The monoisotopic (exact) mass is 625 g/mol.